The summed E-state index contributed by atoms with van der Waals surface area (Å²) in [7, 11) is 0. The van der Waals surface area contributed by atoms with Gasteiger partial charge >= 0.3 is 0 Å². The zero-order valence-electron chi connectivity index (χ0n) is 12.4. The van der Waals surface area contributed by atoms with Crippen LogP contribution in [0.3, 0.4) is 0 Å². The normalized spacial score (nSPS) is 13.7. The van der Waals surface area contributed by atoms with Crippen LogP contribution in [0, 0.1) is 5.92 Å². The van der Waals surface area contributed by atoms with Crippen molar-refractivity contribution >= 4 is 5.96 Å². The lowest BCUT2D eigenvalue weighted by atomic mass is 10.2. The van der Waals surface area contributed by atoms with Gasteiger partial charge in [0.1, 0.15) is 0 Å². The Balaban J connectivity index is 1.97. The molecule has 0 bridgehead atoms. The van der Waals surface area contributed by atoms with Crippen LogP contribution in [0.2, 0.25) is 0 Å². The summed E-state index contributed by atoms with van der Waals surface area (Å²) < 4.78 is 10.7. The standard InChI is InChI=1S/C15H23N3O2/c1-4-16-15(17-8-11(2)3)18-9-12-5-6-13-14(7-12)20-10-19-13/h5-7,11H,4,8-10H2,1-3H3,(H2,16,17,18). The number of fused-ring (bicyclic) bond motifs is 1. The number of hydrogen-bond donors (Lipinski definition) is 2. The molecule has 2 N–H and O–H groups in total. The van der Waals surface area contributed by atoms with Gasteiger partial charge in [-0.2, -0.15) is 0 Å². The van der Waals surface area contributed by atoms with Gasteiger partial charge in [0.05, 0.1) is 6.54 Å². The average molecular weight is 277 g/mol. The van der Waals surface area contributed by atoms with Crippen LogP contribution in [0.4, 0.5) is 0 Å². The Morgan fingerprint density at radius 3 is 2.80 bits per heavy atom. The average Bonchev–Trinajstić information content (AvgIpc) is 2.89. The number of hydrogen-bond acceptors (Lipinski definition) is 3. The predicted octanol–water partition coefficient (Wildman–Crippen LogP) is 2.13. The number of nitrogens with zero attached hydrogens (tertiary/aromatic N) is 1. The van der Waals surface area contributed by atoms with E-state index in [2.05, 4.69) is 36.4 Å². The monoisotopic (exact) mass is 277 g/mol. The van der Waals surface area contributed by atoms with Crippen molar-refractivity contribution in [3.63, 3.8) is 0 Å². The Hall–Kier alpha value is -1.91. The van der Waals surface area contributed by atoms with Crippen molar-refractivity contribution in [1.82, 2.24) is 10.6 Å². The molecular weight excluding hydrogens is 254 g/mol. The van der Waals surface area contributed by atoms with E-state index in [4.69, 9.17) is 9.47 Å². The molecule has 110 valence electrons. The molecule has 1 aromatic rings. The second-order valence-electron chi connectivity index (χ2n) is 5.16. The largest absolute Gasteiger partial charge is 0.454 e. The molecule has 0 saturated carbocycles. The summed E-state index contributed by atoms with van der Waals surface area (Å²) in [6.45, 7) is 9.10. The van der Waals surface area contributed by atoms with Gasteiger partial charge in [0, 0.05) is 13.1 Å². The smallest absolute Gasteiger partial charge is 0.231 e. The van der Waals surface area contributed by atoms with Gasteiger partial charge in [0.2, 0.25) is 6.79 Å². The number of guanidine groups is 1. The molecule has 5 nitrogen and oxygen atoms in total. The van der Waals surface area contributed by atoms with Crippen molar-refractivity contribution in [2.24, 2.45) is 10.9 Å². The topological polar surface area (TPSA) is 54.9 Å². The summed E-state index contributed by atoms with van der Waals surface area (Å²) in [5.41, 5.74) is 1.11. The highest BCUT2D eigenvalue weighted by atomic mass is 16.7. The molecule has 0 spiro atoms. The molecule has 1 aliphatic heterocycles. The van der Waals surface area contributed by atoms with Crippen LogP contribution in [-0.2, 0) is 6.54 Å². The molecule has 0 radical (unpaired) electrons. The Bertz CT molecular complexity index is 472. The van der Waals surface area contributed by atoms with Crippen molar-refractivity contribution in [1.29, 1.82) is 0 Å². The van der Waals surface area contributed by atoms with Crippen LogP contribution in [0.25, 0.3) is 0 Å². The van der Waals surface area contributed by atoms with Gasteiger partial charge in [-0.15, -0.1) is 0 Å². The molecule has 0 fully saturated rings. The molecular formula is C15H23N3O2. The third kappa shape index (κ3) is 4.05. The van der Waals surface area contributed by atoms with Gasteiger partial charge in [-0.25, -0.2) is 4.99 Å². The molecule has 5 heteroatoms. The van der Waals surface area contributed by atoms with Crippen LogP contribution in [0.15, 0.2) is 23.2 Å². The fourth-order valence-electron chi connectivity index (χ4n) is 1.85. The van der Waals surface area contributed by atoms with Gasteiger partial charge in [-0.1, -0.05) is 19.9 Å². The third-order valence-corrected chi connectivity index (χ3v) is 2.88. The van der Waals surface area contributed by atoms with Crippen molar-refractivity contribution < 1.29 is 9.47 Å². The number of benzene rings is 1. The highest BCUT2D eigenvalue weighted by molar-refractivity contribution is 5.79. The van der Waals surface area contributed by atoms with E-state index in [1.807, 2.05) is 18.2 Å². The van der Waals surface area contributed by atoms with Crippen molar-refractivity contribution in [2.45, 2.75) is 27.3 Å². The second-order valence-corrected chi connectivity index (χ2v) is 5.16. The van der Waals surface area contributed by atoms with Crippen LogP contribution >= 0.6 is 0 Å². The zero-order valence-corrected chi connectivity index (χ0v) is 12.4. The second kappa shape index (κ2) is 7.03. The number of rotatable bonds is 5. The SMILES string of the molecule is CCNC(=NCc1ccc2c(c1)OCO2)NCC(C)C. The number of aliphatic imine (C=N–C) groups is 1. The summed E-state index contributed by atoms with van der Waals surface area (Å²) in [5, 5.41) is 6.57. The Labute approximate surface area is 120 Å². The highest BCUT2D eigenvalue weighted by Crippen LogP contribution is 2.32. The summed E-state index contributed by atoms with van der Waals surface area (Å²) in [5.74, 6) is 3.05. The molecule has 2 rings (SSSR count). The lowest BCUT2D eigenvalue weighted by Crippen LogP contribution is -2.39. The lowest BCUT2D eigenvalue weighted by Gasteiger charge is -2.13. The quantitative estimate of drug-likeness (QED) is 0.639. The van der Waals surface area contributed by atoms with Crippen molar-refractivity contribution in [3.8, 4) is 11.5 Å². The summed E-state index contributed by atoms with van der Waals surface area (Å²) in [6, 6.07) is 5.93. The summed E-state index contributed by atoms with van der Waals surface area (Å²) in [4.78, 5) is 4.58. The minimum Gasteiger partial charge on any atom is -0.454 e. The fourth-order valence-corrected chi connectivity index (χ4v) is 1.85. The third-order valence-electron chi connectivity index (χ3n) is 2.88. The molecule has 0 atom stereocenters. The molecule has 0 amide bonds. The molecule has 0 unspecified atom stereocenters. The van der Waals surface area contributed by atoms with Crippen LogP contribution < -0.4 is 20.1 Å². The van der Waals surface area contributed by atoms with Gasteiger partial charge in [-0.3, -0.25) is 0 Å². The lowest BCUT2D eigenvalue weighted by molar-refractivity contribution is 0.174. The maximum absolute atomic E-state index is 5.37. The van der Waals surface area contributed by atoms with E-state index in [9.17, 15) is 0 Å². The molecule has 0 aromatic heterocycles. The first-order chi connectivity index (χ1) is 9.69. The number of ether oxygens (including phenoxy) is 2. The maximum atomic E-state index is 5.37. The van der Waals surface area contributed by atoms with E-state index < -0.39 is 0 Å². The van der Waals surface area contributed by atoms with E-state index in [0.717, 1.165) is 36.1 Å². The molecule has 1 heterocycles. The molecule has 1 aromatic carbocycles. The molecule has 20 heavy (non-hydrogen) atoms. The molecule has 1 aliphatic rings. The van der Waals surface area contributed by atoms with Crippen molar-refractivity contribution in [3.05, 3.63) is 23.8 Å². The minimum atomic E-state index is 0.306. The van der Waals surface area contributed by atoms with Crippen molar-refractivity contribution in [2.75, 3.05) is 19.9 Å². The van der Waals surface area contributed by atoms with Gasteiger partial charge in [0.15, 0.2) is 17.5 Å². The van der Waals surface area contributed by atoms with E-state index in [1.165, 1.54) is 0 Å². The van der Waals surface area contributed by atoms with E-state index in [0.29, 0.717) is 19.3 Å². The van der Waals surface area contributed by atoms with Gasteiger partial charge in [0.25, 0.3) is 0 Å². The van der Waals surface area contributed by atoms with E-state index in [1.54, 1.807) is 0 Å². The summed E-state index contributed by atoms with van der Waals surface area (Å²) >= 11 is 0. The first-order valence-corrected chi connectivity index (χ1v) is 7.09. The fraction of sp³-hybridized carbons (Fsp3) is 0.533. The first-order valence-electron chi connectivity index (χ1n) is 7.09. The Morgan fingerprint density at radius 2 is 2.05 bits per heavy atom. The van der Waals surface area contributed by atoms with Gasteiger partial charge < -0.3 is 20.1 Å². The number of nitrogens with one attached hydrogen (secondary N) is 2. The van der Waals surface area contributed by atoms with Gasteiger partial charge in [-0.05, 0) is 30.5 Å². The van der Waals surface area contributed by atoms with Crippen LogP contribution in [0.1, 0.15) is 26.3 Å². The Morgan fingerprint density at radius 1 is 1.25 bits per heavy atom. The molecule has 0 aliphatic carbocycles. The summed E-state index contributed by atoms with van der Waals surface area (Å²) in [6.07, 6.45) is 0. The zero-order chi connectivity index (χ0) is 14.4. The van der Waals surface area contributed by atoms with E-state index >= 15 is 0 Å². The molecule has 0 saturated heterocycles. The highest BCUT2D eigenvalue weighted by Gasteiger charge is 2.12. The minimum absolute atomic E-state index is 0.306. The van der Waals surface area contributed by atoms with Crippen LogP contribution in [-0.4, -0.2) is 25.8 Å². The Kier molecular flexibility index (Phi) is 5.09. The van der Waals surface area contributed by atoms with Crippen LogP contribution in [0.5, 0.6) is 11.5 Å². The predicted molar refractivity (Wildman–Crippen MR) is 80.2 cm³/mol. The maximum Gasteiger partial charge on any atom is 0.231 e. The van der Waals surface area contributed by atoms with E-state index in [-0.39, 0.29) is 0 Å². The first kappa shape index (κ1) is 14.5.